The molecule has 138 valence electrons. The van der Waals surface area contributed by atoms with Gasteiger partial charge in [0.1, 0.15) is 0 Å². The number of nitrogens with one attached hydrogen (secondary N) is 1. The molecule has 7 nitrogen and oxygen atoms in total. The van der Waals surface area contributed by atoms with Crippen molar-refractivity contribution in [2.24, 2.45) is 0 Å². The number of carbonyl (C=O) groups is 2. The van der Waals surface area contributed by atoms with Gasteiger partial charge >= 0.3 is 5.97 Å². The van der Waals surface area contributed by atoms with Crippen molar-refractivity contribution in [1.82, 2.24) is 20.1 Å². The molecule has 2 N–H and O–H groups in total. The Labute approximate surface area is 156 Å². The SMILES string of the molecule is CC(C)n1ncc2cc(C(=O)NC3CC(C(=O)O)c4ccccc43)cnc21. The lowest BCUT2D eigenvalue weighted by Gasteiger charge is -2.14. The summed E-state index contributed by atoms with van der Waals surface area (Å²) in [6.45, 7) is 4.04. The molecule has 27 heavy (non-hydrogen) atoms. The number of benzene rings is 1. The van der Waals surface area contributed by atoms with E-state index in [1.54, 1.807) is 12.3 Å². The smallest absolute Gasteiger partial charge is 0.311 e. The van der Waals surface area contributed by atoms with Gasteiger partial charge in [-0.1, -0.05) is 24.3 Å². The fraction of sp³-hybridized carbons (Fsp3) is 0.300. The predicted octanol–water partition coefficient (Wildman–Crippen LogP) is 3.06. The molecule has 2 heterocycles. The summed E-state index contributed by atoms with van der Waals surface area (Å²) in [6, 6.07) is 8.98. The number of aliphatic carboxylic acids is 1. The Balaban J connectivity index is 1.59. The summed E-state index contributed by atoms with van der Waals surface area (Å²) in [6.07, 6.45) is 3.58. The van der Waals surface area contributed by atoms with Crippen molar-refractivity contribution in [3.05, 3.63) is 59.4 Å². The predicted molar refractivity (Wildman–Crippen MR) is 99.6 cm³/mol. The van der Waals surface area contributed by atoms with Crippen molar-refractivity contribution in [3.63, 3.8) is 0 Å². The van der Waals surface area contributed by atoms with E-state index in [9.17, 15) is 14.7 Å². The quantitative estimate of drug-likeness (QED) is 0.741. The lowest BCUT2D eigenvalue weighted by atomic mass is 10.0. The van der Waals surface area contributed by atoms with Crippen LogP contribution in [0.3, 0.4) is 0 Å². The molecule has 0 saturated carbocycles. The Morgan fingerprint density at radius 3 is 2.67 bits per heavy atom. The van der Waals surface area contributed by atoms with E-state index in [0.29, 0.717) is 12.0 Å². The summed E-state index contributed by atoms with van der Waals surface area (Å²) in [7, 11) is 0. The van der Waals surface area contributed by atoms with Gasteiger partial charge in [-0.15, -0.1) is 0 Å². The van der Waals surface area contributed by atoms with Gasteiger partial charge in [-0.05, 0) is 37.5 Å². The average molecular weight is 364 g/mol. The Morgan fingerprint density at radius 2 is 1.96 bits per heavy atom. The third kappa shape index (κ3) is 2.95. The molecule has 1 aliphatic rings. The summed E-state index contributed by atoms with van der Waals surface area (Å²) in [4.78, 5) is 28.7. The van der Waals surface area contributed by atoms with Crippen LogP contribution in [0.5, 0.6) is 0 Å². The van der Waals surface area contributed by atoms with Gasteiger partial charge < -0.3 is 10.4 Å². The fourth-order valence-electron chi connectivity index (χ4n) is 3.69. The van der Waals surface area contributed by atoms with E-state index in [2.05, 4.69) is 15.4 Å². The average Bonchev–Trinajstić information content (AvgIpc) is 3.23. The van der Waals surface area contributed by atoms with Crippen LogP contribution < -0.4 is 5.32 Å². The number of fused-ring (bicyclic) bond motifs is 2. The highest BCUT2D eigenvalue weighted by atomic mass is 16.4. The molecule has 0 fully saturated rings. The Kier molecular flexibility index (Phi) is 4.14. The molecule has 7 heteroatoms. The molecule has 0 aliphatic heterocycles. The minimum absolute atomic E-state index is 0.178. The lowest BCUT2D eigenvalue weighted by molar-refractivity contribution is -0.138. The first kappa shape index (κ1) is 17.2. The number of nitrogens with zero attached hydrogens (tertiary/aromatic N) is 3. The molecular weight excluding hydrogens is 344 g/mol. The maximum absolute atomic E-state index is 12.7. The first-order chi connectivity index (χ1) is 13.0. The van der Waals surface area contributed by atoms with Gasteiger partial charge in [0.05, 0.1) is 23.7 Å². The van der Waals surface area contributed by atoms with Gasteiger partial charge in [-0.3, -0.25) is 9.59 Å². The fourth-order valence-corrected chi connectivity index (χ4v) is 3.69. The van der Waals surface area contributed by atoms with Crippen LogP contribution >= 0.6 is 0 Å². The Morgan fingerprint density at radius 1 is 1.22 bits per heavy atom. The van der Waals surface area contributed by atoms with Crippen LogP contribution in [-0.4, -0.2) is 31.7 Å². The number of carboxylic acid groups (broad SMARTS) is 1. The van der Waals surface area contributed by atoms with Gasteiger partial charge in [0.15, 0.2) is 5.65 Å². The summed E-state index contributed by atoms with van der Waals surface area (Å²) in [5, 5.41) is 17.5. The highest BCUT2D eigenvalue weighted by Gasteiger charge is 2.36. The number of amides is 1. The normalized spacial score (nSPS) is 18.6. The topological polar surface area (TPSA) is 97.1 Å². The summed E-state index contributed by atoms with van der Waals surface area (Å²) in [5.74, 6) is -1.74. The number of rotatable bonds is 4. The largest absolute Gasteiger partial charge is 0.481 e. The summed E-state index contributed by atoms with van der Waals surface area (Å²) in [5.41, 5.74) is 2.79. The van der Waals surface area contributed by atoms with E-state index in [1.165, 1.54) is 6.20 Å². The standard InChI is InChI=1S/C20H20N4O3/c1-11(2)24-18-12(10-22-24)7-13(9-21-18)19(25)23-17-8-16(20(26)27)14-5-3-4-6-15(14)17/h3-7,9-11,16-17H,8H2,1-2H3,(H,23,25)(H,26,27). The molecule has 0 spiro atoms. The number of hydrogen-bond donors (Lipinski definition) is 2. The van der Waals surface area contributed by atoms with E-state index in [1.807, 2.05) is 42.8 Å². The minimum atomic E-state index is -0.872. The van der Waals surface area contributed by atoms with Crippen LogP contribution in [-0.2, 0) is 4.79 Å². The number of carboxylic acids is 1. The van der Waals surface area contributed by atoms with Crippen LogP contribution in [0.15, 0.2) is 42.7 Å². The zero-order chi connectivity index (χ0) is 19.1. The van der Waals surface area contributed by atoms with E-state index in [0.717, 1.165) is 22.2 Å². The van der Waals surface area contributed by atoms with Crippen LogP contribution in [0.2, 0.25) is 0 Å². The first-order valence-electron chi connectivity index (χ1n) is 8.91. The summed E-state index contributed by atoms with van der Waals surface area (Å²) >= 11 is 0. The molecule has 1 amide bonds. The van der Waals surface area contributed by atoms with Crippen LogP contribution in [0.4, 0.5) is 0 Å². The maximum atomic E-state index is 12.7. The van der Waals surface area contributed by atoms with Crippen molar-refractivity contribution >= 4 is 22.9 Å². The van der Waals surface area contributed by atoms with Crippen LogP contribution in [0, 0.1) is 0 Å². The van der Waals surface area contributed by atoms with Crippen molar-refractivity contribution in [2.75, 3.05) is 0 Å². The monoisotopic (exact) mass is 364 g/mol. The Hall–Kier alpha value is -3.22. The molecule has 3 aromatic rings. The maximum Gasteiger partial charge on any atom is 0.311 e. The second kappa shape index (κ2) is 6.50. The highest BCUT2D eigenvalue weighted by Crippen LogP contribution is 2.40. The number of pyridine rings is 1. The van der Waals surface area contributed by atoms with Crippen molar-refractivity contribution < 1.29 is 14.7 Å². The zero-order valence-electron chi connectivity index (χ0n) is 15.1. The Bertz CT molecular complexity index is 1040. The van der Waals surface area contributed by atoms with Crippen LogP contribution in [0.25, 0.3) is 11.0 Å². The number of aromatic nitrogens is 3. The van der Waals surface area contributed by atoms with E-state index in [4.69, 9.17) is 0 Å². The number of hydrogen-bond acceptors (Lipinski definition) is 4. The third-order valence-electron chi connectivity index (χ3n) is 5.01. The van der Waals surface area contributed by atoms with Gasteiger partial charge in [-0.2, -0.15) is 5.10 Å². The molecular formula is C20H20N4O3. The molecule has 1 aromatic carbocycles. The molecule has 4 rings (SSSR count). The van der Waals surface area contributed by atoms with Gasteiger partial charge in [0, 0.05) is 17.6 Å². The molecule has 1 aliphatic carbocycles. The van der Waals surface area contributed by atoms with Crippen molar-refractivity contribution in [1.29, 1.82) is 0 Å². The third-order valence-corrected chi connectivity index (χ3v) is 5.01. The second-order valence-corrected chi connectivity index (χ2v) is 7.10. The number of carbonyl (C=O) groups excluding carboxylic acids is 1. The van der Waals surface area contributed by atoms with Gasteiger partial charge in [0.2, 0.25) is 0 Å². The van der Waals surface area contributed by atoms with Crippen molar-refractivity contribution in [3.8, 4) is 0 Å². The van der Waals surface area contributed by atoms with Crippen molar-refractivity contribution in [2.45, 2.75) is 38.3 Å². The lowest BCUT2D eigenvalue weighted by Crippen LogP contribution is -2.27. The first-order valence-corrected chi connectivity index (χ1v) is 8.91. The van der Waals surface area contributed by atoms with Gasteiger partial charge in [0.25, 0.3) is 5.91 Å². The highest BCUT2D eigenvalue weighted by molar-refractivity contribution is 5.97. The molecule has 0 bridgehead atoms. The molecule has 0 saturated heterocycles. The molecule has 2 atom stereocenters. The molecule has 2 aromatic heterocycles. The van der Waals surface area contributed by atoms with E-state index in [-0.39, 0.29) is 18.0 Å². The second-order valence-electron chi connectivity index (χ2n) is 7.10. The van der Waals surface area contributed by atoms with E-state index >= 15 is 0 Å². The molecule has 2 unspecified atom stereocenters. The summed E-state index contributed by atoms with van der Waals surface area (Å²) < 4.78 is 1.81. The van der Waals surface area contributed by atoms with Crippen LogP contribution in [0.1, 0.15) is 59.8 Å². The van der Waals surface area contributed by atoms with Gasteiger partial charge in [-0.25, -0.2) is 9.67 Å². The zero-order valence-corrected chi connectivity index (χ0v) is 15.1. The molecule has 0 radical (unpaired) electrons. The van der Waals surface area contributed by atoms with E-state index < -0.39 is 11.9 Å². The minimum Gasteiger partial charge on any atom is -0.481 e.